The standard InChI is InChI=1S/C20H30FN3O3/c1-15(2)24(16(3)4)19(25)13-22-9-11-23(12-10-22)20(26)14-27-18-7-5-17(21)6-8-18/h5-8,15-16H,9-14H2,1-4H3. The number of amides is 2. The van der Waals surface area contributed by atoms with Crippen molar-refractivity contribution in [1.29, 1.82) is 0 Å². The molecule has 0 unspecified atom stereocenters. The topological polar surface area (TPSA) is 53.1 Å². The fourth-order valence-electron chi connectivity index (χ4n) is 3.37. The Balaban J connectivity index is 1.76. The van der Waals surface area contributed by atoms with E-state index in [1.807, 2.05) is 32.6 Å². The Morgan fingerprint density at radius 1 is 1.04 bits per heavy atom. The van der Waals surface area contributed by atoms with Gasteiger partial charge in [0.25, 0.3) is 5.91 Å². The molecule has 0 aliphatic carbocycles. The van der Waals surface area contributed by atoms with Gasteiger partial charge in [0.2, 0.25) is 5.91 Å². The lowest BCUT2D eigenvalue weighted by atomic mass is 10.2. The maximum absolute atomic E-state index is 12.9. The molecule has 1 fully saturated rings. The average Bonchev–Trinajstić information content (AvgIpc) is 2.61. The van der Waals surface area contributed by atoms with Crippen molar-refractivity contribution >= 4 is 11.8 Å². The maximum Gasteiger partial charge on any atom is 0.260 e. The van der Waals surface area contributed by atoms with Crippen LogP contribution in [-0.2, 0) is 9.59 Å². The van der Waals surface area contributed by atoms with Crippen molar-refractivity contribution in [3.63, 3.8) is 0 Å². The highest BCUT2D eigenvalue weighted by Crippen LogP contribution is 2.12. The highest BCUT2D eigenvalue weighted by Gasteiger charge is 2.26. The first kappa shape index (κ1) is 21.2. The Bertz CT molecular complexity index is 618. The van der Waals surface area contributed by atoms with E-state index in [9.17, 15) is 14.0 Å². The van der Waals surface area contributed by atoms with Crippen LogP contribution in [0.3, 0.4) is 0 Å². The van der Waals surface area contributed by atoms with Crippen LogP contribution in [-0.4, -0.2) is 77.9 Å². The van der Waals surface area contributed by atoms with E-state index in [-0.39, 0.29) is 36.3 Å². The van der Waals surface area contributed by atoms with E-state index in [0.29, 0.717) is 38.5 Å². The van der Waals surface area contributed by atoms with Gasteiger partial charge in [-0.2, -0.15) is 0 Å². The SMILES string of the molecule is CC(C)N(C(=O)CN1CCN(C(=O)COc2ccc(F)cc2)CC1)C(C)C. The Morgan fingerprint density at radius 2 is 1.59 bits per heavy atom. The number of carbonyl (C=O) groups excluding carboxylic acids is 2. The molecular formula is C20H30FN3O3. The zero-order valence-corrected chi connectivity index (χ0v) is 16.7. The lowest BCUT2D eigenvalue weighted by Crippen LogP contribution is -2.53. The quantitative estimate of drug-likeness (QED) is 0.727. The van der Waals surface area contributed by atoms with Crippen LogP contribution in [0.1, 0.15) is 27.7 Å². The summed E-state index contributed by atoms with van der Waals surface area (Å²) in [5.41, 5.74) is 0. The van der Waals surface area contributed by atoms with Crippen LogP contribution in [0.25, 0.3) is 0 Å². The number of ether oxygens (including phenoxy) is 1. The van der Waals surface area contributed by atoms with E-state index in [4.69, 9.17) is 4.74 Å². The zero-order valence-electron chi connectivity index (χ0n) is 16.7. The number of nitrogens with zero attached hydrogens (tertiary/aromatic N) is 3. The third-order valence-electron chi connectivity index (χ3n) is 4.66. The molecule has 0 radical (unpaired) electrons. The largest absolute Gasteiger partial charge is 0.484 e. The smallest absolute Gasteiger partial charge is 0.260 e. The summed E-state index contributed by atoms with van der Waals surface area (Å²) in [6, 6.07) is 5.94. The number of carbonyl (C=O) groups is 2. The van der Waals surface area contributed by atoms with Crippen LogP contribution < -0.4 is 4.74 Å². The van der Waals surface area contributed by atoms with Crippen LogP contribution in [0.2, 0.25) is 0 Å². The lowest BCUT2D eigenvalue weighted by Gasteiger charge is -2.37. The third kappa shape index (κ3) is 6.20. The minimum atomic E-state index is -0.340. The molecule has 0 N–H and O–H groups in total. The van der Waals surface area contributed by atoms with Gasteiger partial charge in [0.1, 0.15) is 11.6 Å². The van der Waals surface area contributed by atoms with E-state index in [2.05, 4.69) is 4.90 Å². The number of rotatable bonds is 7. The highest BCUT2D eigenvalue weighted by molar-refractivity contribution is 5.79. The van der Waals surface area contributed by atoms with Crippen molar-refractivity contribution in [3.05, 3.63) is 30.1 Å². The summed E-state index contributed by atoms with van der Waals surface area (Å²) in [6.07, 6.45) is 0. The van der Waals surface area contributed by atoms with Crippen molar-refractivity contribution in [2.75, 3.05) is 39.3 Å². The molecule has 7 heteroatoms. The second-order valence-corrected chi connectivity index (χ2v) is 7.39. The predicted molar refractivity (Wildman–Crippen MR) is 102 cm³/mol. The number of hydrogen-bond acceptors (Lipinski definition) is 4. The van der Waals surface area contributed by atoms with Crippen LogP contribution in [0.15, 0.2) is 24.3 Å². The fourth-order valence-corrected chi connectivity index (χ4v) is 3.37. The van der Waals surface area contributed by atoms with Crippen molar-refractivity contribution in [1.82, 2.24) is 14.7 Å². The van der Waals surface area contributed by atoms with Crippen molar-refractivity contribution in [3.8, 4) is 5.75 Å². The summed E-state index contributed by atoms with van der Waals surface area (Å²) in [4.78, 5) is 30.6. The molecule has 0 aromatic heterocycles. The van der Waals surface area contributed by atoms with Crippen molar-refractivity contribution in [2.45, 2.75) is 39.8 Å². The van der Waals surface area contributed by atoms with Crippen LogP contribution in [0.4, 0.5) is 4.39 Å². The highest BCUT2D eigenvalue weighted by atomic mass is 19.1. The number of halogens is 1. The Hall–Kier alpha value is -2.15. The third-order valence-corrected chi connectivity index (χ3v) is 4.66. The first-order valence-electron chi connectivity index (χ1n) is 9.47. The monoisotopic (exact) mass is 379 g/mol. The van der Waals surface area contributed by atoms with Gasteiger partial charge in [0.05, 0.1) is 6.54 Å². The predicted octanol–water partition coefficient (Wildman–Crippen LogP) is 1.99. The summed E-state index contributed by atoms with van der Waals surface area (Å²) in [5.74, 6) is 0.153. The average molecular weight is 379 g/mol. The van der Waals surface area contributed by atoms with Gasteiger partial charge in [0, 0.05) is 38.3 Å². The normalized spacial score (nSPS) is 15.3. The van der Waals surface area contributed by atoms with Gasteiger partial charge in [-0.3, -0.25) is 14.5 Å². The summed E-state index contributed by atoms with van der Waals surface area (Å²) in [7, 11) is 0. The molecule has 2 rings (SSSR count). The molecule has 1 heterocycles. The first-order chi connectivity index (χ1) is 12.8. The fraction of sp³-hybridized carbons (Fsp3) is 0.600. The molecule has 0 atom stereocenters. The molecular weight excluding hydrogens is 349 g/mol. The van der Waals surface area contributed by atoms with Crippen molar-refractivity contribution in [2.24, 2.45) is 0 Å². The van der Waals surface area contributed by atoms with Gasteiger partial charge >= 0.3 is 0 Å². The molecule has 1 saturated heterocycles. The number of hydrogen-bond donors (Lipinski definition) is 0. The van der Waals surface area contributed by atoms with Crippen LogP contribution in [0, 0.1) is 5.82 Å². The molecule has 0 saturated carbocycles. The molecule has 1 aromatic carbocycles. The summed E-state index contributed by atoms with van der Waals surface area (Å²) in [6.45, 7) is 10.9. The first-order valence-corrected chi connectivity index (χ1v) is 9.47. The molecule has 150 valence electrons. The van der Waals surface area contributed by atoms with Gasteiger partial charge in [-0.15, -0.1) is 0 Å². The lowest BCUT2D eigenvalue weighted by molar-refractivity contribution is -0.138. The van der Waals surface area contributed by atoms with Gasteiger partial charge in [-0.25, -0.2) is 4.39 Å². The van der Waals surface area contributed by atoms with Gasteiger partial charge in [0.15, 0.2) is 6.61 Å². The molecule has 1 aliphatic rings. The van der Waals surface area contributed by atoms with E-state index in [1.165, 1.54) is 24.3 Å². The molecule has 1 aliphatic heterocycles. The van der Waals surface area contributed by atoms with Gasteiger partial charge in [-0.05, 0) is 52.0 Å². The van der Waals surface area contributed by atoms with E-state index in [0.717, 1.165) is 0 Å². The van der Waals surface area contributed by atoms with Gasteiger partial charge < -0.3 is 14.5 Å². The number of piperazine rings is 1. The molecule has 0 spiro atoms. The molecule has 6 nitrogen and oxygen atoms in total. The minimum absolute atomic E-state index is 0.0704. The zero-order chi connectivity index (χ0) is 20.0. The van der Waals surface area contributed by atoms with E-state index in [1.54, 1.807) is 4.90 Å². The summed E-state index contributed by atoms with van der Waals surface area (Å²) < 4.78 is 18.3. The second kappa shape index (κ2) is 9.69. The Morgan fingerprint density at radius 3 is 2.11 bits per heavy atom. The molecule has 1 aromatic rings. The maximum atomic E-state index is 12.9. The van der Waals surface area contributed by atoms with Crippen LogP contribution >= 0.6 is 0 Å². The molecule has 0 bridgehead atoms. The summed E-state index contributed by atoms with van der Waals surface area (Å²) in [5, 5.41) is 0. The van der Waals surface area contributed by atoms with Crippen molar-refractivity contribution < 1.29 is 18.7 Å². The molecule has 2 amide bonds. The molecule has 27 heavy (non-hydrogen) atoms. The van der Waals surface area contributed by atoms with E-state index >= 15 is 0 Å². The van der Waals surface area contributed by atoms with E-state index < -0.39 is 0 Å². The van der Waals surface area contributed by atoms with Gasteiger partial charge in [-0.1, -0.05) is 0 Å². The minimum Gasteiger partial charge on any atom is -0.484 e. The Kier molecular flexibility index (Phi) is 7.59. The summed E-state index contributed by atoms with van der Waals surface area (Å²) >= 11 is 0. The second-order valence-electron chi connectivity index (χ2n) is 7.39. The van der Waals surface area contributed by atoms with Crippen LogP contribution in [0.5, 0.6) is 5.75 Å². The Labute approximate surface area is 160 Å². The number of benzene rings is 1.